The number of anilines is 1. The van der Waals surface area contributed by atoms with E-state index < -0.39 is 20.3 Å². The summed E-state index contributed by atoms with van der Waals surface area (Å²) in [5, 5.41) is 14.4. The number of hydrogen-bond donors (Lipinski definition) is 2. The van der Waals surface area contributed by atoms with Crippen LogP contribution in [-0.4, -0.2) is 67.1 Å². The van der Waals surface area contributed by atoms with E-state index in [2.05, 4.69) is 49.1 Å². The van der Waals surface area contributed by atoms with Gasteiger partial charge in [-0.1, -0.05) is 79.3 Å². The third kappa shape index (κ3) is 10.0. The Morgan fingerprint density at radius 3 is 2.43 bits per heavy atom. The van der Waals surface area contributed by atoms with Crippen molar-refractivity contribution in [3.8, 4) is 5.75 Å². The second-order valence-corrected chi connectivity index (χ2v) is 22.4. The smallest absolute Gasteiger partial charge is 0.404 e. The zero-order chi connectivity index (χ0) is 37.2. The lowest BCUT2D eigenvalue weighted by molar-refractivity contribution is -0.136. The van der Waals surface area contributed by atoms with Gasteiger partial charge in [-0.15, -0.1) is 11.3 Å². The second-order valence-electron chi connectivity index (χ2n) is 14.9. The summed E-state index contributed by atoms with van der Waals surface area (Å²) >= 11 is 27.7. The van der Waals surface area contributed by atoms with Crippen molar-refractivity contribution in [3.63, 3.8) is 0 Å². The SMILES string of the molecule is C[C@@H](O[Si](C)(C)C(C)(C)C)c1cc(Cl)c(O[C@@H]2CCN(c3ncc(C[C@H](CNC(=O)O)C(=O)N(Cc4cccc(Cl)c4Cl)C4CC4)s3)C2)c(Cl)c1. The Kier molecular flexibility index (Phi) is 12.8. The molecule has 0 spiro atoms. The predicted octanol–water partition coefficient (Wildman–Crippen LogP) is 10.1. The number of carbonyl (C=O) groups excluding carboxylic acids is 1. The highest BCUT2D eigenvalue weighted by atomic mass is 35.5. The van der Waals surface area contributed by atoms with Gasteiger partial charge in [0.2, 0.25) is 5.91 Å². The molecule has 1 aromatic heterocycles. The van der Waals surface area contributed by atoms with Crippen molar-refractivity contribution in [2.24, 2.45) is 5.92 Å². The van der Waals surface area contributed by atoms with Crippen LogP contribution in [0.25, 0.3) is 0 Å². The van der Waals surface area contributed by atoms with Crippen LogP contribution in [0.4, 0.5) is 9.93 Å². The molecule has 2 amide bonds. The lowest BCUT2D eigenvalue weighted by atomic mass is 10.0. The van der Waals surface area contributed by atoms with Crippen molar-refractivity contribution < 1.29 is 23.9 Å². The number of nitrogens with zero attached hydrogens (tertiary/aromatic N) is 3. The largest absolute Gasteiger partial charge is 0.485 e. The fourth-order valence-electron chi connectivity index (χ4n) is 5.88. The molecule has 1 aliphatic heterocycles. The molecule has 2 aliphatic rings. The van der Waals surface area contributed by atoms with E-state index in [1.165, 1.54) is 11.3 Å². The number of halogens is 4. The number of thiazole rings is 1. The van der Waals surface area contributed by atoms with Gasteiger partial charge in [0.25, 0.3) is 0 Å². The summed E-state index contributed by atoms with van der Waals surface area (Å²) in [5.41, 5.74) is 1.67. The van der Waals surface area contributed by atoms with Crippen LogP contribution in [0.1, 0.15) is 69.1 Å². The average Bonchev–Trinajstić information content (AvgIpc) is 3.59. The number of nitrogens with one attached hydrogen (secondary N) is 1. The summed E-state index contributed by atoms with van der Waals surface area (Å²) in [4.78, 5) is 35.0. The first-order valence-electron chi connectivity index (χ1n) is 17.2. The van der Waals surface area contributed by atoms with Crippen molar-refractivity contribution in [2.45, 2.75) is 96.3 Å². The fraction of sp³-hybridized carbons (Fsp3) is 0.528. The number of benzene rings is 2. The number of aromatic nitrogens is 1. The Morgan fingerprint density at radius 1 is 1.12 bits per heavy atom. The zero-order valence-electron chi connectivity index (χ0n) is 29.8. The van der Waals surface area contributed by atoms with Crippen LogP contribution in [0.5, 0.6) is 5.75 Å². The summed E-state index contributed by atoms with van der Waals surface area (Å²) in [7, 11) is -2.00. The maximum Gasteiger partial charge on any atom is 0.404 e. The minimum Gasteiger partial charge on any atom is -0.485 e. The molecule has 2 N–H and O–H groups in total. The maximum atomic E-state index is 14.0. The van der Waals surface area contributed by atoms with Gasteiger partial charge < -0.3 is 29.4 Å². The molecule has 15 heteroatoms. The Labute approximate surface area is 325 Å². The van der Waals surface area contributed by atoms with E-state index in [9.17, 15) is 14.7 Å². The highest BCUT2D eigenvalue weighted by molar-refractivity contribution is 7.15. The summed E-state index contributed by atoms with van der Waals surface area (Å²) in [6.07, 6.45) is 3.13. The number of carboxylic acid groups (broad SMARTS) is 1. The van der Waals surface area contributed by atoms with Crippen LogP contribution in [0.3, 0.4) is 0 Å². The highest BCUT2D eigenvalue weighted by Gasteiger charge is 2.39. The number of hydrogen-bond acceptors (Lipinski definition) is 7. The summed E-state index contributed by atoms with van der Waals surface area (Å²) < 4.78 is 12.9. The molecule has 5 rings (SSSR count). The van der Waals surface area contributed by atoms with Crippen LogP contribution in [0, 0.1) is 5.92 Å². The molecule has 9 nitrogen and oxygen atoms in total. The monoisotopic (exact) mass is 814 g/mol. The third-order valence-electron chi connectivity index (χ3n) is 9.95. The van der Waals surface area contributed by atoms with E-state index in [0.29, 0.717) is 45.4 Å². The highest BCUT2D eigenvalue weighted by Crippen LogP contribution is 2.43. The molecule has 278 valence electrons. The fourth-order valence-corrected chi connectivity index (χ4v) is 9.25. The lowest BCUT2D eigenvalue weighted by Gasteiger charge is -2.38. The molecule has 2 aromatic carbocycles. The minimum atomic E-state index is -2.00. The molecule has 3 atom stereocenters. The van der Waals surface area contributed by atoms with Gasteiger partial charge in [0.1, 0.15) is 6.10 Å². The Bertz CT molecular complexity index is 1710. The van der Waals surface area contributed by atoms with Gasteiger partial charge >= 0.3 is 6.09 Å². The summed E-state index contributed by atoms with van der Waals surface area (Å²) in [6.45, 7) is 14.7. The molecule has 51 heavy (non-hydrogen) atoms. The molecule has 1 saturated carbocycles. The number of ether oxygens (including phenoxy) is 1. The molecule has 1 aliphatic carbocycles. The van der Waals surface area contributed by atoms with Crippen molar-refractivity contribution in [1.29, 1.82) is 0 Å². The predicted molar refractivity (Wildman–Crippen MR) is 210 cm³/mol. The average molecular weight is 817 g/mol. The van der Waals surface area contributed by atoms with Crippen LogP contribution < -0.4 is 15.0 Å². The topological polar surface area (TPSA) is 104 Å². The Morgan fingerprint density at radius 2 is 1.80 bits per heavy atom. The third-order valence-corrected chi connectivity index (χ3v) is 17.0. The Hall–Kier alpha value is -2.25. The van der Waals surface area contributed by atoms with Gasteiger partial charge in [-0.25, -0.2) is 9.78 Å². The Balaban J connectivity index is 1.23. The minimum absolute atomic E-state index is 0.0188. The van der Waals surface area contributed by atoms with E-state index in [1.54, 1.807) is 17.2 Å². The molecular weight excluding hydrogens is 770 g/mol. The van der Waals surface area contributed by atoms with E-state index in [0.717, 1.165) is 46.9 Å². The van der Waals surface area contributed by atoms with Crippen LogP contribution in [0.15, 0.2) is 36.5 Å². The van der Waals surface area contributed by atoms with E-state index in [-0.39, 0.29) is 35.7 Å². The molecular formula is C36H46Cl4N4O5SSi. The van der Waals surface area contributed by atoms with Gasteiger partial charge in [0.05, 0.1) is 38.7 Å². The van der Waals surface area contributed by atoms with Gasteiger partial charge in [0, 0.05) is 43.2 Å². The van der Waals surface area contributed by atoms with E-state index in [4.69, 9.17) is 55.6 Å². The van der Waals surface area contributed by atoms with Crippen molar-refractivity contribution in [3.05, 3.63) is 72.6 Å². The maximum absolute atomic E-state index is 14.0. The van der Waals surface area contributed by atoms with Crippen LogP contribution in [0.2, 0.25) is 38.2 Å². The quantitative estimate of drug-likeness (QED) is 0.156. The molecule has 0 unspecified atom stereocenters. The molecule has 2 heterocycles. The zero-order valence-corrected chi connectivity index (χ0v) is 34.6. The number of rotatable bonds is 14. The van der Waals surface area contributed by atoms with Crippen molar-refractivity contribution in [1.82, 2.24) is 15.2 Å². The number of amides is 2. The van der Waals surface area contributed by atoms with Gasteiger partial charge in [-0.2, -0.15) is 0 Å². The second kappa shape index (κ2) is 16.4. The van der Waals surface area contributed by atoms with Gasteiger partial charge in [-0.05, 0) is 73.6 Å². The van der Waals surface area contributed by atoms with Gasteiger partial charge in [-0.3, -0.25) is 4.79 Å². The van der Waals surface area contributed by atoms with Crippen molar-refractivity contribution in [2.75, 3.05) is 24.5 Å². The summed E-state index contributed by atoms with van der Waals surface area (Å²) in [5.74, 6) is -0.294. The molecule has 0 radical (unpaired) electrons. The summed E-state index contributed by atoms with van der Waals surface area (Å²) in [6, 6.07) is 9.21. The van der Waals surface area contributed by atoms with E-state index >= 15 is 0 Å². The first-order valence-corrected chi connectivity index (χ1v) is 22.4. The molecule has 2 fully saturated rings. The molecule has 0 bridgehead atoms. The molecule has 3 aromatic rings. The van der Waals surface area contributed by atoms with E-state index in [1.807, 2.05) is 31.2 Å². The molecule has 1 saturated heterocycles. The number of carbonyl (C=O) groups is 2. The first kappa shape index (κ1) is 39.9. The van der Waals surface area contributed by atoms with Crippen molar-refractivity contribution >= 4 is 83.2 Å². The first-order chi connectivity index (χ1) is 23.9. The van der Waals surface area contributed by atoms with Crippen LogP contribution in [-0.2, 0) is 22.2 Å². The lowest BCUT2D eigenvalue weighted by Crippen LogP contribution is -2.43. The standard InChI is InChI=1S/C36H46Cl4N4O5SSi/c1-21(49-51(5,6)36(2,3)4)23-15-29(38)32(30(39)16-23)48-26-12-13-43(20-26)34-41-18-27(50-34)14-24(17-42-35(46)47)33(45)44(25-10-11-25)19-22-8-7-9-28(37)31(22)40/h7-9,15-16,18,21,24-26,42H,10-14,17,19-20H2,1-6H3,(H,46,47)/t21-,24-,26-/m1/s1. The van der Waals surface area contributed by atoms with Crippen LogP contribution >= 0.6 is 57.7 Å². The van der Waals surface area contributed by atoms with Gasteiger partial charge in [0.15, 0.2) is 19.2 Å². The normalized spacial score (nSPS) is 17.7.